The van der Waals surface area contributed by atoms with Crippen LogP contribution in [0.15, 0.2) is 72.8 Å². The van der Waals surface area contributed by atoms with Crippen LogP contribution in [0.25, 0.3) is 0 Å². The molecule has 3 aromatic carbocycles. The molecule has 33 heavy (non-hydrogen) atoms. The molecule has 0 amide bonds. The molecule has 174 valence electrons. The van der Waals surface area contributed by atoms with E-state index in [1.54, 1.807) is 21.3 Å². The molecular weight excluding hydrogens is 414 g/mol. The van der Waals surface area contributed by atoms with Gasteiger partial charge in [0.15, 0.2) is 0 Å². The zero-order valence-electron chi connectivity index (χ0n) is 19.7. The minimum Gasteiger partial charge on any atom is -0.497 e. The molecule has 6 nitrogen and oxygen atoms in total. The van der Waals surface area contributed by atoms with Crippen molar-refractivity contribution in [3.8, 4) is 17.2 Å². The molecule has 0 saturated carbocycles. The van der Waals surface area contributed by atoms with Gasteiger partial charge in [-0.3, -0.25) is 0 Å². The van der Waals surface area contributed by atoms with Gasteiger partial charge in [0.05, 0.1) is 21.3 Å². The first-order valence-electron chi connectivity index (χ1n) is 11.4. The number of hydrogen-bond donors (Lipinski definition) is 0. The van der Waals surface area contributed by atoms with Crippen molar-refractivity contribution in [2.24, 2.45) is 0 Å². The summed E-state index contributed by atoms with van der Waals surface area (Å²) >= 11 is 0. The summed E-state index contributed by atoms with van der Waals surface area (Å²) in [6.45, 7) is 5.64. The van der Waals surface area contributed by atoms with E-state index in [2.05, 4.69) is 51.1 Å². The van der Waals surface area contributed by atoms with Gasteiger partial charge in [0.25, 0.3) is 0 Å². The van der Waals surface area contributed by atoms with Crippen LogP contribution in [0.1, 0.15) is 0 Å². The Morgan fingerprint density at radius 2 is 0.606 bits per heavy atom. The molecule has 1 heterocycles. The van der Waals surface area contributed by atoms with Crippen LogP contribution in [-0.4, -0.2) is 60.6 Å². The molecule has 1 saturated heterocycles. The fourth-order valence-electron chi connectivity index (χ4n) is 4.21. The minimum absolute atomic E-state index is 0.878. The molecule has 4 rings (SSSR count). The number of ether oxygens (including phenoxy) is 3. The summed E-state index contributed by atoms with van der Waals surface area (Å²) in [7, 11) is 5.11. The van der Waals surface area contributed by atoms with E-state index in [4.69, 9.17) is 14.2 Å². The second-order valence-corrected chi connectivity index (χ2v) is 8.06. The van der Waals surface area contributed by atoms with Crippen molar-refractivity contribution in [3.05, 3.63) is 72.8 Å². The Hall–Kier alpha value is -3.54. The molecule has 3 aromatic rings. The maximum atomic E-state index is 5.35. The summed E-state index contributed by atoms with van der Waals surface area (Å²) in [4.78, 5) is 7.37. The summed E-state index contributed by atoms with van der Waals surface area (Å²) < 4.78 is 16.1. The quantitative estimate of drug-likeness (QED) is 0.552. The van der Waals surface area contributed by atoms with Gasteiger partial charge in [-0.2, -0.15) is 0 Å². The van der Waals surface area contributed by atoms with Crippen LogP contribution >= 0.6 is 0 Å². The van der Waals surface area contributed by atoms with Crippen molar-refractivity contribution in [2.75, 3.05) is 75.3 Å². The van der Waals surface area contributed by atoms with E-state index >= 15 is 0 Å². The third kappa shape index (κ3) is 5.64. The first-order chi connectivity index (χ1) is 16.2. The summed E-state index contributed by atoms with van der Waals surface area (Å²) in [5.41, 5.74) is 3.63. The second-order valence-electron chi connectivity index (χ2n) is 8.06. The van der Waals surface area contributed by atoms with E-state index in [-0.39, 0.29) is 0 Å². The molecule has 0 bridgehead atoms. The maximum absolute atomic E-state index is 5.35. The van der Waals surface area contributed by atoms with Crippen molar-refractivity contribution >= 4 is 17.1 Å². The van der Waals surface area contributed by atoms with E-state index in [1.807, 2.05) is 36.4 Å². The normalized spacial score (nSPS) is 14.8. The molecule has 0 spiro atoms. The van der Waals surface area contributed by atoms with E-state index < -0.39 is 0 Å². The molecule has 1 aliphatic heterocycles. The van der Waals surface area contributed by atoms with E-state index in [9.17, 15) is 0 Å². The van der Waals surface area contributed by atoms with E-state index in [0.717, 1.165) is 56.5 Å². The fourth-order valence-corrected chi connectivity index (χ4v) is 4.21. The summed E-state index contributed by atoms with van der Waals surface area (Å²) in [5, 5.41) is 0. The highest BCUT2D eigenvalue weighted by atomic mass is 16.5. The highest BCUT2D eigenvalue weighted by Crippen LogP contribution is 2.25. The summed E-state index contributed by atoms with van der Waals surface area (Å²) in [6, 6.07) is 25.1. The van der Waals surface area contributed by atoms with Crippen LogP contribution in [0.2, 0.25) is 0 Å². The molecule has 0 unspecified atom stereocenters. The molecule has 0 N–H and O–H groups in total. The molecule has 0 aliphatic carbocycles. The largest absolute Gasteiger partial charge is 0.497 e. The Morgan fingerprint density at radius 1 is 0.394 bits per heavy atom. The molecule has 1 fully saturated rings. The van der Waals surface area contributed by atoms with Crippen molar-refractivity contribution in [1.82, 2.24) is 0 Å². The van der Waals surface area contributed by atoms with Crippen LogP contribution in [0.4, 0.5) is 17.1 Å². The zero-order chi connectivity index (χ0) is 23.0. The number of benzene rings is 3. The molecule has 6 heteroatoms. The van der Waals surface area contributed by atoms with Crippen LogP contribution < -0.4 is 28.9 Å². The second kappa shape index (κ2) is 10.9. The van der Waals surface area contributed by atoms with Crippen LogP contribution in [0.5, 0.6) is 17.2 Å². The van der Waals surface area contributed by atoms with Gasteiger partial charge in [-0.1, -0.05) is 0 Å². The van der Waals surface area contributed by atoms with Gasteiger partial charge in [-0.15, -0.1) is 0 Å². The van der Waals surface area contributed by atoms with E-state index in [0.29, 0.717) is 0 Å². The van der Waals surface area contributed by atoms with Crippen molar-refractivity contribution in [3.63, 3.8) is 0 Å². The predicted octanol–water partition coefficient (Wildman–Crippen LogP) is 4.55. The fraction of sp³-hybridized carbons (Fsp3) is 0.333. The molecule has 0 radical (unpaired) electrons. The molecule has 0 atom stereocenters. The lowest BCUT2D eigenvalue weighted by Gasteiger charge is -2.28. The number of rotatable bonds is 6. The van der Waals surface area contributed by atoms with Crippen LogP contribution in [0.3, 0.4) is 0 Å². The number of anilines is 3. The Balaban J connectivity index is 1.59. The molecular formula is C27H33N3O3. The Bertz CT molecular complexity index is 847. The maximum Gasteiger partial charge on any atom is 0.119 e. The smallest absolute Gasteiger partial charge is 0.119 e. The first-order valence-corrected chi connectivity index (χ1v) is 11.4. The van der Waals surface area contributed by atoms with Crippen LogP contribution in [-0.2, 0) is 0 Å². The Morgan fingerprint density at radius 3 is 0.788 bits per heavy atom. The number of methoxy groups -OCH3 is 3. The Labute approximate surface area is 196 Å². The summed E-state index contributed by atoms with van der Waals surface area (Å²) in [6.07, 6.45) is 0. The third-order valence-electron chi connectivity index (χ3n) is 6.23. The van der Waals surface area contributed by atoms with Gasteiger partial charge in [0, 0.05) is 56.3 Å². The van der Waals surface area contributed by atoms with E-state index in [1.165, 1.54) is 17.1 Å². The van der Waals surface area contributed by atoms with Gasteiger partial charge in [-0.05, 0) is 72.8 Å². The van der Waals surface area contributed by atoms with Crippen LogP contribution in [0, 0.1) is 0 Å². The zero-order valence-corrected chi connectivity index (χ0v) is 19.7. The highest BCUT2D eigenvalue weighted by Gasteiger charge is 2.18. The first kappa shape index (κ1) is 22.6. The van der Waals surface area contributed by atoms with Gasteiger partial charge in [0.1, 0.15) is 17.2 Å². The third-order valence-corrected chi connectivity index (χ3v) is 6.23. The van der Waals surface area contributed by atoms with Crippen molar-refractivity contribution in [1.29, 1.82) is 0 Å². The number of hydrogen-bond acceptors (Lipinski definition) is 6. The summed E-state index contributed by atoms with van der Waals surface area (Å²) in [5.74, 6) is 2.63. The standard InChI is InChI=1S/C27H33N3O3/c1-31-25-10-4-22(5-11-25)28-16-18-29(23-6-12-26(32-2)13-7-23)20-21-30(19-17-28)24-8-14-27(33-3)15-9-24/h4-15H,16-21H2,1-3H3. The van der Waals surface area contributed by atoms with Crippen molar-refractivity contribution < 1.29 is 14.2 Å². The van der Waals surface area contributed by atoms with Gasteiger partial charge in [0.2, 0.25) is 0 Å². The van der Waals surface area contributed by atoms with Gasteiger partial charge < -0.3 is 28.9 Å². The lowest BCUT2D eigenvalue weighted by atomic mass is 10.2. The highest BCUT2D eigenvalue weighted by molar-refractivity contribution is 5.54. The minimum atomic E-state index is 0.878. The average molecular weight is 448 g/mol. The predicted molar refractivity (Wildman–Crippen MR) is 136 cm³/mol. The number of nitrogens with zero attached hydrogens (tertiary/aromatic N) is 3. The molecule has 0 aromatic heterocycles. The lowest BCUT2D eigenvalue weighted by Crippen LogP contribution is -2.36. The lowest BCUT2D eigenvalue weighted by molar-refractivity contribution is 0.414. The Kier molecular flexibility index (Phi) is 7.45. The van der Waals surface area contributed by atoms with Gasteiger partial charge >= 0.3 is 0 Å². The van der Waals surface area contributed by atoms with Crippen molar-refractivity contribution in [2.45, 2.75) is 0 Å². The molecule has 1 aliphatic rings. The SMILES string of the molecule is COc1ccc(N2CCN(c3ccc(OC)cc3)CCN(c3ccc(OC)cc3)CC2)cc1. The topological polar surface area (TPSA) is 37.4 Å². The average Bonchev–Trinajstić information content (AvgIpc) is 3.00. The van der Waals surface area contributed by atoms with Gasteiger partial charge in [-0.25, -0.2) is 0 Å². The monoisotopic (exact) mass is 447 g/mol.